The van der Waals surface area contributed by atoms with Crippen LogP contribution in [0.5, 0.6) is 0 Å². The molecule has 0 atom stereocenters. The van der Waals surface area contributed by atoms with Crippen LogP contribution in [0.15, 0.2) is 212 Å². The average Bonchev–Trinajstić information content (AvgIpc) is 1.59. The molecule has 4 fully saturated rings. The fourth-order valence-electron chi connectivity index (χ4n) is 20.0. The minimum absolute atomic E-state index is 0.454. The lowest BCUT2D eigenvalue weighted by Crippen LogP contribution is -2.30. The Hall–Kier alpha value is -12.5. The third-order valence-electron chi connectivity index (χ3n) is 25.9. The fraction of sp³-hybridized carbons (Fsp3) is 0.308. The largest absolute Gasteiger partial charge is 0.457 e. The number of hydrogen-bond acceptors (Lipinski definition) is 5. The third kappa shape index (κ3) is 14.3. The highest BCUT2D eigenvalue weighted by Crippen LogP contribution is 2.51. The van der Waals surface area contributed by atoms with Crippen molar-refractivity contribution in [2.75, 3.05) is 0 Å². The summed E-state index contributed by atoms with van der Waals surface area (Å²) in [6, 6.07) is 61.2. The number of aromatic nitrogens is 4. The van der Waals surface area contributed by atoms with E-state index < -0.39 is 0 Å². The first-order valence-electron chi connectivity index (χ1n) is 42.0. The molecule has 0 spiro atoms. The van der Waals surface area contributed by atoms with Gasteiger partial charge in [0.15, 0.2) is 41.7 Å². The maximum atomic E-state index is 9.67. The van der Waals surface area contributed by atoms with Gasteiger partial charge < -0.3 is 17.7 Å². The Bertz CT molecular complexity index is 6600. The molecule has 20 rings (SSSR count). The van der Waals surface area contributed by atoms with E-state index >= 15 is 0 Å². The Morgan fingerprint density at radius 1 is 0.345 bits per heavy atom. The second-order valence-corrected chi connectivity index (χ2v) is 33.2. The Morgan fingerprint density at radius 2 is 0.776 bits per heavy atom. The molecule has 0 amide bonds. The molecule has 8 heterocycles. The maximum Gasteiger partial charge on any atom is 0.212 e. The van der Waals surface area contributed by atoms with E-state index in [2.05, 4.69) is 222 Å². The summed E-state index contributed by atoms with van der Waals surface area (Å²) in [5.41, 5.74) is 28.9. The van der Waals surface area contributed by atoms with E-state index in [1.807, 2.05) is 67.8 Å². The van der Waals surface area contributed by atoms with E-state index in [0.29, 0.717) is 40.6 Å². The zero-order valence-corrected chi connectivity index (χ0v) is 68.1. The van der Waals surface area contributed by atoms with Crippen molar-refractivity contribution >= 4 is 105 Å². The molecule has 0 N–H and O–H groups in total. The normalized spacial score (nSPS) is 15.1. The minimum atomic E-state index is 0.454. The van der Waals surface area contributed by atoms with Crippen LogP contribution in [0.1, 0.15) is 202 Å². The summed E-state index contributed by atoms with van der Waals surface area (Å²) in [6.45, 7) is 31.9. The maximum absolute atomic E-state index is 9.67. The van der Waals surface area contributed by atoms with Gasteiger partial charge in [0.2, 0.25) is 28.5 Å². The van der Waals surface area contributed by atoms with Gasteiger partial charge in [0.25, 0.3) is 0 Å². The monoisotopic (exact) mass is 1520 g/mol. The number of benzene rings is 8. The van der Waals surface area contributed by atoms with Gasteiger partial charge >= 0.3 is 0 Å². The number of nitriles is 1. The van der Waals surface area contributed by atoms with Crippen molar-refractivity contribution in [3.05, 3.63) is 279 Å². The molecule has 0 unspecified atom stereocenters. The van der Waals surface area contributed by atoms with Gasteiger partial charge in [0.1, 0.15) is 73.3 Å². The predicted octanol–water partition coefficient (Wildman–Crippen LogP) is 27.3. The highest BCUT2D eigenvalue weighted by molar-refractivity contribution is 6.17. The van der Waals surface area contributed by atoms with E-state index in [9.17, 15) is 5.26 Å². The molecule has 4 aliphatic rings. The van der Waals surface area contributed by atoms with E-state index in [1.54, 1.807) is 0 Å². The minimum Gasteiger partial charge on any atom is -0.457 e. The van der Waals surface area contributed by atoms with Crippen molar-refractivity contribution in [2.45, 2.75) is 180 Å². The van der Waals surface area contributed by atoms with Crippen LogP contribution in [0.2, 0.25) is 0 Å². The Labute approximate surface area is 680 Å². The van der Waals surface area contributed by atoms with Crippen LogP contribution in [0.3, 0.4) is 0 Å². The standard InChI is InChI=1S/4C26H25N2O/c1-17-16-22-25(26(27-2)23(17)20-13-7-8-15-28(20)3)24-19(12-9-14-21(24)29-22)18-10-5-4-6-11-18;1-17-15-24-20(16-19(17)22-11-7-8-14-28(22)3)26-23(29-24)13-12-21(27-2)25(26)18-9-5-4-6-10-18;1-17-13-24-22(16-20(17)23-11-7-8-12-28(23)3)26-21(18-9-5-4-6-10-18)14-19(27-2)15-25(26)29-24;1-17-14-24-22(15-21(17)23-10-6-7-13-28(23)2)25-20(18-8-4-3-5-9-18)12-11-19(16-27)26(25)29-24/h7-9,12-16,18H,4-6,10-11H2,1,3H3;2*7-8,11-16,18H,4-6,9-10H2,1,3H3;6-7,10-15,18H,3-5,8-9H2,1-2H3/q4*+1. The van der Waals surface area contributed by atoms with E-state index in [4.69, 9.17) is 37.4 Å². The summed E-state index contributed by atoms with van der Waals surface area (Å²) < 4.78 is 33.7. The molecular formula is C104H100N8O4+4. The number of rotatable bonds is 8. The summed E-state index contributed by atoms with van der Waals surface area (Å²) in [4.78, 5) is 11.7. The number of pyridine rings is 4. The van der Waals surface area contributed by atoms with Crippen molar-refractivity contribution in [3.63, 3.8) is 0 Å². The van der Waals surface area contributed by atoms with Crippen molar-refractivity contribution in [2.24, 2.45) is 28.2 Å². The lowest BCUT2D eigenvalue weighted by Gasteiger charge is -2.24. The third-order valence-corrected chi connectivity index (χ3v) is 25.9. The lowest BCUT2D eigenvalue weighted by atomic mass is 9.81. The van der Waals surface area contributed by atoms with Gasteiger partial charge in [0.05, 0.1) is 30.8 Å². The second-order valence-electron chi connectivity index (χ2n) is 33.2. The summed E-state index contributed by atoms with van der Waals surface area (Å²) in [7, 11) is 8.28. The van der Waals surface area contributed by atoms with Gasteiger partial charge in [-0.3, -0.25) is 0 Å². The zero-order chi connectivity index (χ0) is 79.8. The molecular weight excluding hydrogens is 1430 g/mol. The van der Waals surface area contributed by atoms with Crippen LogP contribution in [0, 0.1) is 58.7 Å². The van der Waals surface area contributed by atoms with Gasteiger partial charge in [-0.2, -0.15) is 5.26 Å². The molecule has 4 aliphatic carbocycles. The molecule has 8 aromatic carbocycles. The van der Waals surface area contributed by atoms with Crippen molar-refractivity contribution in [1.82, 2.24) is 0 Å². The van der Waals surface area contributed by atoms with E-state index in [0.717, 1.165) is 99.5 Å². The first-order valence-corrected chi connectivity index (χ1v) is 42.0. The molecule has 16 aromatic rings. The Balaban J connectivity index is 0.000000111. The Morgan fingerprint density at radius 3 is 1.27 bits per heavy atom. The first kappa shape index (κ1) is 76.2. The van der Waals surface area contributed by atoms with Crippen LogP contribution < -0.4 is 18.3 Å². The molecule has 576 valence electrons. The summed E-state index contributed by atoms with van der Waals surface area (Å²) in [5.74, 6) is 2.09. The number of fused-ring (bicyclic) bond motifs is 12. The van der Waals surface area contributed by atoms with Crippen molar-refractivity contribution in [3.8, 4) is 51.1 Å². The highest BCUT2D eigenvalue weighted by Gasteiger charge is 2.31. The molecule has 116 heavy (non-hydrogen) atoms. The van der Waals surface area contributed by atoms with Crippen LogP contribution in [0.4, 0.5) is 17.1 Å². The van der Waals surface area contributed by atoms with Gasteiger partial charge in [-0.15, -0.1) is 0 Å². The summed E-state index contributed by atoms with van der Waals surface area (Å²) in [6.07, 6.45) is 33.4. The molecule has 12 heteroatoms. The molecule has 0 saturated heterocycles. The molecule has 8 aromatic heterocycles. The highest BCUT2D eigenvalue weighted by atomic mass is 16.3. The van der Waals surface area contributed by atoms with Crippen molar-refractivity contribution in [1.29, 1.82) is 5.26 Å². The van der Waals surface area contributed by atoms with Crippen LogP contribution >= 0.6 is 0 Å². The van der Waals surface area contributed by atoms with Gasteiger partial charge in [-0.25, -0.2) is 32.8 Å². The summed E-state index contributed by atoms with van der Waals surface area (Å²) >= 11 is 0. The van der Waals surface area contributed by atoms with Crippen LogP contribution in [-0.2, 0) is 28.2 Å². The average molecular weight is 1530 g/mol. The van der Waals surface area contributed by atoms with Crippen molar-refractivity contribution < 1.29 is 35.9 Å². The number of nitrogens with zero attached hydrogens (tertiary/aromatic N) is 8. The number of aryl methyl sites for hydroxylation is 8. The zero-order valence-electron chi connectivity index (χ0n) is 68.1. The molecule has 0 bridgehead atoms. The quantitative estimate of drug-likeness (QED) is 0.111. The SMILES string of the molecule is Cc1cc2oc3c(C#N)ccc(C4CCCCC4)c3c2cc1-c1cccc[n+]1C.[C-]#[N+]c1c(-c2cccc[n+]2C)c(C)cc2oc3cccc(C4CCCCC4)c3c12.[C-]#[N+]c1cc(C2CCCCC2)c2c(c1)oc1cc(C)c(-c3cccc[n+]3C)cc12.[C-]#[N+]c1ccc2oc3cc(C)c(-c4cccc[n+]4C)cc3c2c1C1CCCCC1. The topological polar surface area (TPSA) is 105 Å². The van der Waals surface area contributed by atoms with Crippen LogP contribution in [-0.4, -0.2) is 0 Å². The summed E-state index contributed by atoms with van der Waals surface area (Å²) in [5, 5.41) is 18.7. The number of hydrogen-bond donors (Lipinski definition) is 0. The van der Waals surface area contributed by atoms with E-state index in [-0.39, 0.29) is 0 Å². The Kier molecular flexibility index (Phi) is 21.5. The van der Waals surface area contributed by atoms with Gasteiger partial charge in [-0.05, 0) is 238 Å². The number of furan rings is 4. The van der Waals surface area contributed by atoms with Gasteiger partial charge in [0, 0.05) is 108 Å². The first-order chi connectivity index (χ1) is 56.7. The van der Waals surface area contributed by atoms with E-state index in [1.165, 1.54) is 212 Å². The molecule has 0 aliphatic heterocycles. The second kappa shape index (κ2) is 32.8. The van der Waals surface area contributed by atoms with Gasteiger partial charge in [-0.1, -0.05) is 107 Å². The molecule has 0 radical (unpaired) electrons. The smallest absolute Gasteiger partial charge is 0.212 e. The fourth-order valence-corrected chi connectivity index (χ4v) is 20.0. The predicted molar refractivity (Wildman–Crippen MR) is 467 cm³/mol. The van der Waals surface area contributed by atoms with Crippen LogP contribution in [0.25, 0.3) is 147 Å². The molecule has 12 nitrogen and oxygen atoms in total. The lowest BCUT2D eigenvalue weighted by molar-refractivity contribution is -0.660. The molecule has 4 saturated carbocycles.